The minimum Gasteiger partial charge on any atom is -0.393 e. The third-order valence-electron chi connectivity index (χ3n) is 3.08. The Morgan fingerprint density at radius 3 is 2.56 bits per heavy atom. The Hall–Kier alpha value is -1.95. The van der Waals surface area contributed by atoms with Crippen molar-refractivity contribution in [2.24, 2.45) is 0 Å². The topological polar surface area (TPSA) is 83.7 Å². The fraction of sp³-hybridized carbons (Fsp3) is 0.417. The highest BCUT2D eigenvalue weighted by atomic mass is 16.6. The minimum absolute atomic E-state index is 0.110. The molecule has 1 N–H and O–H groups in total. The van der Waals surface area contributed by atoms with Crippen LogP contribution in [-0.2, 0) is 0 Å². The maximum atomic E-state index is 12.2. The van der Waals surface area contributed by atoms with Crippen LogP contribution in [0, 0.1) is 10.1 Å². The van der Waals surface area contributed by atoms with Crippen molar-refractivity contribution in [1.29, 1.82) is 0 Å². The highest BCUT2D eigenvalue weighted by Crippen LogP contribution is 2.21. The highest BCUT2D eigenvalue weighted by Gasteiger charge is 2.27. The zero-order valence-corrected chi connectivity index (χ0v) is 9.78. The second-order valence-electron chi connectivity index (χ2n) is 4.30. The average molecular weight is 250 g/mol. The van der Waals surface area contributed by atoms with Crippen molar-refractivity contribution >= 4 is 11.6 Å². The molecule has 2 rings (SSSR count). The Balaban J connectivity index is 2.21. The summed E-state index contributed by atoms with van der Waals surface area (Å²) in [6, 6.07) is 5.94. The molecule has 1 heterocycles. The summed E-state index contributed by atoms with van der Waals surface area (Å²) in [6.07, 6.45) is 0.665. The lowest BCUT2D eigenvalue weighted by atomic mass is 10.1. The number of aliphatic hydroxyl groups is 1. The van der Waals surface area contributed by atoms with Gasteiger partial charge in [-0.2, -0.15) is 0 Å². The lowest BCUT2D eigenvalue weighted by Gasteiger charge is -2.29. The van der Waals surface area contributed by atoms with E-state index in [-0.39, 0.29) is 23.3 Å². The van der Waals surface area contributed by atoms with Gasteiger partial charge in [-0.3, -0.25) is 14.9 Å². The number of aliphatic hydroxyl groups excluding tert-OH is 1. The van der Waals surface area contributed by atoms with E-state index in [1.54, 1.807) is 11.0 Å². The number of likely N-dealkylation sites (tertiary alicyclic amines) is 1. The second kappa shape index (κ2) is 5.14. The van der Waals surface area contributed by atoms with E-state index in [0.717, 1.165) is 0 Å². The Labute approximate surface area is 104 Å². The molecular weight excluding hydrogens is 236 g/mol. The number of hydrogen-bond acceptors (Lipinski definition) is 4. The van der Waals surface area contributed by atoms with Crippen molar-refractivity contribution in [3.05, 3.63) is 39.9 Å². The quantitative estimate of drug-likeness (QED) is 0.631. The number of nitro benzene ring substituents is 1. The van der Waals surface area contributed by atoms with E-state index >= 15 is 0 Å². The molecule has 18 heavy (non-hydrogen) atoms. The summed E-state index contributed by atoms with van der Waals surface area (Å²) in [7, 11) is 0. The van der Waals surface area contributed by atoms with Gasteiger partial charge in [0.15, 0.2) is 0 Å². The fourth-order valence-corrected chi connectivity index (χ4v) is 2.05. The van der Waals surface area contributed by atoms with E-state index in [1.165, 1.54) is 18.2 Å². The number of hydrogen-bond donors (Lipinski definition) is 1. The SMILES string of the molecule is O=C(c1ccccc1[N+](=O)[O-])N1CCC(O)CC1. The Morgan fingerprint density at radius 1 is 1.33 bits per heavy atom. The number of amides is 1. The molecule has 0 unspecified atom stereocenters. The van der Waals surface area contributed by atoms with E-state index < -0.39 is 4.92 Å². The standard InChI is InChI=1S/C12H14N2O4/c15-9-5-7-13(8-6-9)12(16)10-3-1-2-4-11(10)14(17)18/h1-4,9,15H,5-8H2. The number of carbonyl (C=O) groups is 1. The molecule has 0 aromatic heterocycles. The van der Waals surface area contributed by atoms with E-state index in [4.69, 9.17) is 0 Å². The summed E-state index contributed by atoms with van der Waals surface area (Å²) >= 11 is 0. The monoisotopic (exact) mass is 250 g/mol. The van der Waals surface area contributed by atoms with Crippen LogP contribution < -0.4 is 0 Å². The van der Waals surface area contributed by atoms with Crippen LogP contribution in [0.1, 0.15) is 23.2 Å². The Bertz CT molecular complexity index is 467. The molecule has 1 aromatic rings. The van der Waals surface area contributed by atoms with Crippen molar-refractivity contribution in [2.75, 3.05) is 13.1 Å². The molecule has 1 aromatic carbocycles. The van der Waals surface area contributed by atoms with Gasteiger partial charge in [0.1, 0.15) is 5.56 Å². The third-order valence-corrected chi connectivity index (χ3v) is 3.08. The fourth-order valence-electron chi connectivity index (χ4n) is 2.05. The number of para-hydroxylation sites is 1. The van der Waals surface area contributed by atoms with E-state index in [1.807, 2.05) is 0 Å². The summed E-state index contributed by atoms with van der Waals surface area (Å²) in [4.78, 5) is 24.0. The molecule has 0 bridgehead atoms. The predicted molar refractivity (Wildman–Crippen MR) is 64.2 cm³/mol. The molecule has 0 saturated carbocycles. The first-order valence-corrected chi connectivity index (χ1v) is 5.80. The van der Waals surface area contributed by atoms with Crippen LogP contribution in [0.2, 0.25) is 0 Å². The smallest absolute Gasteiger partial charge is 0.282 e. The first-order chi connectivity index (χ1) is 8.59. The second-order valence-corrected chi connectivity index (χ2v) is 4.30. The van der Waals surface area contributed by atoms with Gasteiger partial charge >= 0.3 is 0 Å². The summed E-state index contributed by atoms with van der Waals surface area (Å²) < 4.78 is 0. The molecule has 96 valence electrons. The number of carbonyl (C=O) groups excluding carboxylic acids is 1. The van der Waals surface area contributed by atoms with Gasteiger partial charge in [-0.05, 0) is 18.9 Å². The van der Waals surface area contributed by atoms with Gasteiger partial charge in [0.2, 0.25) is 0 Å². The van der Waals surface area contributed by atoms with Crippen LogP contribution in [0.15, 0.2) is 24.3 Å². The number of rotatable bonds is 2. The summed E-state index contributed by atoms with van der Waals surface area (Å²) in [5.74, 6) is -0.339. The number of piperidine rings is 1. The van der Waals surface area contributed by atoms with E-state index in [2.05, 4.69) is 0 Å². The van der Waals surface area contributed by atoms with Gasteiger partial charge in [0, 0.05) is 19.2 Å². The number of nitro groups is 1. The summed E-state index contributed by atoms with van der Waals surface area (Å²) in [5.41, 5.74) is -0.0625. The first-order valence-electron chi connectivity index (χ1n) is 5.80. The van der Waals surface area contributed by atoms with Gasteiger partial charge in [-0.1, -0.05) is 12.1 Å². The largest absolute Gasteiger partial charge is 0.393 e. The molecule has 1 aliphatic heterocycles. The molecule has 1 amide bonds. The zero-order chi connectivity index (χ0) is 13.1. The lowest BCUT2D eigenvalue weighted by Crippen LogP contribution is -2.40. The molecule has 1 aliphatic rings. The van der Waals surface area contributed by atoms with Crippen molar-refractivity contribution < 1.29 is 14.8 Å². The lowest BCUT2D eigenvalue weighted by molar-refractivity contribution is -0.385. The molecule has 0 atom stereocenters. The van der Waals surface area contributed by atoms with Crippen LogP contribution in [0.25, 0.3) is 0 Å². The normalized spacial score (nSPS) is 16.6. The van der Waals surface area contributed by atoms with E-state index in [0.29, 0.717) is 25.9 Å². The van der Waals surface area contributed by atoms with Gasteiger partial charge in [-0.25, -0.2) is 0 Å². The van der Waals surface area contributed by atoms with Crippen LogP contribution in [0.4, 0.5) is 5.69 Å². The van der Waals surface area contributed by atoms with E-state index in [9.17, 15) is 20.0 Å². The zero-order valence-electron chi connectivity index (χ0n) is 9.78. The third kappa shape index (κ3) is 2.48. The first kappa shape index (κ1) is 12.5. The van der Waals surface area contributed by atoms with Gasteiger partial charge in [0.25, 0.3) is 11.6 Å². The molecule has 1 fully saturated rings. The minimum atomic E-state index is -0.550. The van der Waals surface area contributed by atoms with Crippen LogP contribution in [0.3, 0.4) is 0 Å². The predicted octanol–water partition coefficient (Wildman–Crippen LogP) is 1.19. The maximum absolute atomic E-state index is 12.2. The molecule has 6 nitrogen and oxygen atoms in total. The van der Waals surface area contributed by atoms with Gasteiger partial charge in [0.05, 0.1) is 11.0 Å². The molecule has 0 radical (unpaired) electrons. The van der Waals surface area contributed by atoms with Crippen LogP contribution >= 0.6 is 0 Å². The molecule has 1 saturated heterocycles. The molecule has 0 aliphatic carbocycles. The highest BCUT2D eigenvalue weighted by molar-refractivity contribution is 5.98. The summed E-state index contributed by atoms with van der Waals surface area (Å²) in [5, 5.41) is 20.2. The molecular formula is C12H14N2O4. The van der Waals surface area contributed by atoms with Gasteiger partial charge < -0.3 is 10.0 Å². The summed E-state index contributed by atoms with van der Waals surface area (Å²) in [6.45, 7) is 0.873. The number of benzene rings is 1. The van der Waals surface area contributed by atoms with Crippen molar-refractivity contribution in [2.45, 2.75) is 18.9 Å². The van der Waals surface area contributed by atoms with Crippen molar-refractivity contribution in [3.63, 3.8) is 0 Å². The van der Waals surface area contributed by atoms with Gasteiger partial charge in [-0.15, -0.1) is 0 Å². The van der Waals surface area contributed by atoms with Crippen molar-refractivity contribution in [1.82, 2.24) is 4.90 Å². The molecule has 0 spiro atoms. The Morgan fingerprint density at radius 2 is 1.94 bits per heavy atom. The number of nitrogens with zero attached hydrogens (tertiary/aromatic N) is 2. The van der Waals surface area contributed by atoms with Crippen LogP contribution in [0.5, 0.6) is 0 Å². The average Bonchev–Trinajstić information content (AvgIpc) is 2.39. The Kier molecular flexibility index (Phi) is 3.57. The van der Waals surface area contributed by atoms with Crippen molar-refractivity contribution in [3.8, 4) is 0 Å². The molecule has 6 heteroatoms. The maximum Gasteiger partial charge on any atom is 0.282 e. The van der Waals surface area contributed by atoms with Crippen LogP contribution in [-0.4, -0.2) is 40.0 Å².